The van der Waals surface area contributed by atoms with Gasteiger partial charge in [0, 0.05) is 26.2 Å². The monoisotopic (exact) mass is 541 g/mol. The maximum Gasteiger partial charge on any atom is 0.490 e. The number of halogens is 6. The molecule has 0 radical (unpaired) electrons. The topological polar surface area (TPSA) is 173 Å². The van der Waals surface area contributed by atoms with Crippen LogP contribution in [0.25, 0.3) is 11.0 Å². The lowest BCUT2D eigenvalue weighted by Gasteiger charge is -2.31. The van der Waals surface area contributed by atoms with E-state index in [0.717, 1.165) is 49.2 Å². The molecule has 1 saturated heterocycles. The highest BCUT2D eigenvalue weighted by molar-refractivity contribution is 5.74. The van der Waals surface area contributed by atoms with Gasteiger partial charge in [0.15, 0.2) is 0 Å². The van der Waals surface area contributed by atoms with Gasteiger partial charge in [-0.15, -0.1) is 5.10 Å². The highest BCUT2D eigenvalue weighted by atomic mass is 19.4. The Labute approximate surface area is 203 Å². The number of rotatable bonds is 4. The minimum Gasteiger partial charge on any atom is -0.475 e. The number of fused-ring (bicyclic) bond motifs is 1. The summed E-state index contributed by atoms with van der Waals surface area (Å²) in [7, 11) is 0. The summed E-state index contributed by atoms with van der Waals surface area (Å²) in [5, 5.41) is 30.2. The van der Waals surface area contributed by atoms with Crippen LogP contribution in [0.4, 0.5) is 26.3 Å². The molecule has 0 unspecified atom stereocenters. The van der Waals surface area contributed by atoms with Crippen molar-refractivity contribution in [3.63, 3.8) is 0 Å². The van der Waals surface area contributed by atoms with E-state index in [0.29, 0.717) is 12.6 Å². The molecule has 18 heteroatoms. The molecule has 1 aliphatic heterocycles. The van der Waals surface area contributed by atoms with Gasteiger partial charge in [0.25, 0.3) is 0 Å². The summed E-state index contributed by atoms with van der Waals surface area (Å²) in [5.74, 6) is -5.51. The van der Waals surface area contributed by atoms with Gasteiger partial charge in [-0.3, -0.25) is 4.90 Å². The van der Waals surface area contributed by atoms with Crippen molar-refractivity contribution >= 4 is 23.0 Å². The second kappa shape index (κ2) is 12.4. The van der Waals surface area contributed by atoms with E-state index < -0.39 is 24.3 Å². The first kappa shape index (κ1) is 29.4. The quantitative estimate of drug-likeness (QED) is 0.414. The summed E-state index contributed by atoms with van der Waals surface area (Å²) >= 11 is 0. The average Bonchev–Trinajstić information content (AvgIpc) is 3.48. The Hall–Kier alpha value is -3.80. The van der Waals surface area contributed by atoms with E-state index in [-0.39, 0.29) is 0 Å². The molecule has 37 heavy (non-hydrogen) atoms. The van der Waals surface area contributed by atoms with Gasteiger partial charge in [-0.25, -0.2) is 18.9 Å². The number of alkyl halides is 6. The molecule has 1 aliphatic rings. The maximum atomic E-state index is 10.6. The molecular formula is C19H21F6N7O5. The second-order valence-electron chi connectivity index (χ2n) is 7.59. The van der Waals surface area contributed by atoms with Crippen LogP contribution >= 0.6 is 0 Å². The van der Waals surface area contributed by atoms with E-state index in [4.69, 9.17) is 30.2 Å². The Balaban J connectivity index is 0.000000286. The first-order valence-corrected chi connectivity index (χ1v) is 10.3. The number of piperidine rings is 1. The lowest BCUT2D eigenvalue weighted by Crippen LogP contribution is -2.34. The van der Waals surface area contributed by atoms with Gasteiger partial charge in [-0.05, 0) is 40.9 Å². The zero-order chi connectivity index (χ0) is 27.8. The number of nitrogens with zero attached hydrogens (tertiary/aromatic N) is 6. The van der Waals surface area contributed by atoms with Gasteiger partial charge in [0.05, 0.1) is 17.9 Å². The predicted molar refractivity (Wildman–Crippen MR) is 111 cm³/mol. The van der Waals surface area contributed by atoms with E-state index in [2.05, 4.69) is 31.6 Å². The Morgan fingerprint density at radius 2 is 1.54 bits per heavy atom. The van der Waals surface area contributed by atoms with Crippen LogP contribution in [0.3, 0.4) is 0 Å². The Morgan fingerprint density at radius 1 is 1.00 bits per heavy atom. The number of carbonyl (C=O) groups is 2. The summed E-state index contributed by atoms with van der Waals surface area (Å²) < 4.78 is 70.2. The van der Waals surface area contributed by atoms with Crippen molar-refractivity contribution in [3.8, 4) is 0 Å². The fourth-order valence-electron chi connectivity index (χ4n) is 3.11. The van der Waals surface area contributed by atoms with Gasteiger partial charge >= 0.3 is 24.3 Å². The first-order valence-electron chi connectivity index (χ1n) is 10.3. The van der Waals surface area contributed by atoms with E-state index in [1.54, 1.807) is 0 Å². The average molecular weight is 541 g/mol. The minimum atomic E-state index is -5.08. The van der Waals surface area contributed by atoms with Gasteiger partial charge in [-0.1, -0.05) is 11.3 Å². The van der Waals surface area contributed by atoms with Crippen LogP contribution < -0.4 is 5.73 Å². The molecule has 0 bridgehead atoms. The molecular weight excluding hydrogens is 520 g/mol. The van der Waals surface area contributed by atoms with Crippen LogP contribution in [0.5, 0.6) is 0 Å². The Kier molecular flexibility index (Phi) is 9.89. The smallest absolute Gasteiger partial charge is 0.475 e. The maximum absolute atomic E-state index is 10.6. The number of hydrogen-bond acceptors (Lipinski definition) is 9. The third kappa shape index (κ3) is 9.30. The van der Waals surface area contributed by atoms with Gasteiger partial charge in [0.2, 0.25) is 0 Å². The molecule has 204 valence electrons. The number of aromatic nitrogens is 5. The van der Waals surface area contributed by atoms with E-state index in [1.165, 1.54) is 5.56 Å². The summed E-state index contributed by atoms with van der Waals surface area (Å²) in [4.78, 5) is 20.2. The van der Waals surface area contributed by atoms with Gasteiger partial charge in [-0.2, -0.15) is 26.3 Å². The van der Waals surface area contributed by atoms with Crippen LogP contribution in [0, 0.1) is 0 Å². The largest absolute Gasteiger partial charge is 0.490 e. The van der Waals surface area contributed by atoms with Crippen LogP contribution in [0.1, 0.15) is 30.1 Å². The minimum absolute atomic E-state index is 0.418. The molecule has 1 aromatic carbocycles. The summed E-state index contributed by atoms with van der Waals surface area (Å²) in [6.07, 6.45) is -6.06. The molecule has 4 rings (SSSR count). The van der Waals surface area contributed by atoms with Gasteiger partial charge < -0.3 is 15.9 Å². The van der Waals surface area contributed by atoms with Gasteiger partial charge in [0.1, 0.15) is 11.0 Å². The zero-order valence-electron chi connectivity index (χ0n) is 18.8. The third-order valence-electron chi connectivity index (χ3n) is 4.91. The second-order valence-corrected chi connectivity index (χ2v) is 7.59. The molecule has 0 amide bonds. The number of hydrogen-bond donors (Lipinski definition) is 3. The van der Waals surface area contributed by atoms with E-state index >= 15 is 0 Å². The normalized spacial score (nSPS) is 14.9. The lowest BCUT2D eigenvalue weighted by molar-refractivity contribution is -0.193. The number of benzene rings is 1. The van der Waals surface area contributed by atoms with Crippen molar-refractivity contribution in [3.05, 3.63) is 35.7 Å². The molecule has 0 atom stereocenters. The summed E-state index contributed by atoms with van der Waals surface area (Å²) in [6, 6.07) is 6.51. The standard InChI is InChI=1S/C15H19N7O.2C2HF3O2/c16-8-12-10-22(20-17-12)13-3-5-21(6-4-13)9-11-1-2-14-15(7-11)19-23-18-14;2*3-2(4,5)1(6)7/h1-2,7,10,13H,3-6,8-9,16H2;2*(H,6,7). The van der Waals surface area contributed by atoms with Crippen molar-refractivity contribution in [1.29, 1.82) is 0 Å². The number of carboxylic acids is 2. The molecule has 2 aromatic heterocycles. The Bertz CT molecular complexity index is 1150. The molecule has 1 fully saturated rings. The van der Waals surface area contributed by atoms with Crippen molar-refractivity contribution in [2.24, 2.45) is 5.73 Å². The van der Waals surface area contributed by atoms with E-state index in [1.807, 2.05) is 23.0 Å². The molecule has 0 saturated carbocycles. The van der Waals surface area contributed by atoms with Crippen molar-refractivity contribution in [2.75, 3.05) is 13.1 Å². The number of likely N-dealkylation sites (tertiary alicyclic amines) is 1. The molecule has 12 nitrogen and oxygen atoms in total. The van der Waals surface area contributed by atoms with Crippen LogP contribution in [0.2, 0.25) is 0 Å². The number of carboxylic acid groups (broad SMARTS) is 2. The predicted octanol–water partition coefficient (Wildman–Crippen LogP) is 2.38. The number of aliphatic carboxylic acids is 2. The van der Waals surface area contributed by atoms with Crippen molar-refractivity contribution in [1.82, 2.24) is 30.2 Å². The zero-order valence-corrected chi connectivity index (χ0v) is 18.8. The van der Waals surface area contributed by atoms with Crippen molar-refractivity contribution < 1.29 is 50.8 Å². The summed E-state index contributed by atoms with van der Waals surface area (Å²) in [5.41, 5.74) is 9.29. The Morgan fingerprint density at radius 3 is 2.03 bits per heavy atom. The fraction of sp³-hybridized carbons (Fsp3) is 0.474. The fourth-order valence-corrected chi connectivity index (χ4v) is 3.11. The highest BCUT2D eigenvalue weighted by Crippen LogP contribution is 2.23. The molecule has 3 aromatic rings. The molecule has 0 aliphatic carbocycles. The summed E-state index contributed by atoms with van der Waals surface area (Å²) in [6.45, 7) is 3.44. The third-order valence-corrected chi connectivity index (χ3v) is 4.91. The molecule has 0 spiro atoms. The van der Waals surface area contributed by atoms with E-state index in [9.17, 15) is 26.3 Å². The first-order chi connectivity index (χ1) is 17.2. The SMILES string of the molecule is NCc1cn(C2CCN(Cc3ccc4nonc4c3)CC2)nn1.O=C(O)C(F)(F)F.O=C(O)C(F)(F)F. The lowest BCUT2D eigenvalue weighted by atomic mass is 10.0. The van der Waals surface area contributed by atoms with Crippen LogP contribution in [-0.2, 0) is 22.7 Å². The molecule has 3 heterocycles. The molecule has 4 N–H and O–H groups in total. The van der Waals surface area contributed by atoms with Crippen LogP contribution in [-0.4, -0.2) is 77.8 Å². The van der Waals surface area contributed by atoms with Crippen molar-refractivity contribution in [2.45, 2.75) is 44.3 Å². The number of nitrogens with two attached hydrogens (primary N) is 1. The highest BCUT2D eigenvalue weighted by Gasteiger charge is 2.38. The van der Waals surface area contributed by atoms with Crippen LogP contribution in [0.15, 0.2) is 29.0 Å².